The molecule has 5 nitrogen and oxygen atoms in total. The predicted molar refractivity (Wildman–Crippen MR) is 79.3 cm³/mol. The second-order valence-corrected chi connectivity index (χ2v) is 5.46. The Balaban J connectivity index is 2.22. The number of hydrogen-bond donors (Lipinski definition) is 2. The van der Waals surface area contributed by atoms with Crippen molar-refractivity contribution in [1.29, 1.82) is 0 Å². The summed E-state index contributed by atoms with van der Waals surface area (Å²) in [5.74, 6) is 0. The third kappa shape index (κ3) is 2.18. The summed E-state index contributed by atoms with van der Waals surface area (Å²) >= 11 is 0. The summed E-state index contributed by atoms with van der Waals surface area (Å²) in [6.45, 7) is 3.54. The Kier molecular flexibility index (Phi) is 3.44. The Hall–Kier alpha value is -1.88. The van der Waals surface area contributed by atoms with Crippen molar-refractivity contribution in [3.8, 4) is 0 Å². The third-order valence-corrected chi connectivity index (χ3v) is 4.05. The van der Waals surface area contributed by atoms with Gasteiger partial charge < -0.3 is 10.3 Å². The van der Waals surface area contributed by atoms with E-state index in [4.69, 9.17) is 0 Å². The molecule has 1 atom stereocenters. The molecule has 0 spiro atoms. The summed E-state index contributed by atoms with van der Waals surface area (Å²) < 4.78 is 1.40. The molecule has 3 rings (SSSR count). The highest BCUT2D eigenvalue weighted by Gasteiger charge is 2.19. The van der Waals surface area contributed by atoms with Gasteiger partial charge in [0.05, 0.1) is 16.9 Å². The van der Waals surface area contributed by atoms with Crippen LogP contribution in [-0.4, -0.2) is 22.6 Å². The van der Waals surface area contributed by atoms with Crippen LogP contribution in [0.2, 0.25) is 0 Å². The molecule has 0 saturated carbocycles. The molecule has 1 unspecified atom stereocenters. The highest BCUT2D eigenvalue weighted by atomic mass is 16.2. The number of benzene rings is 1. The molecule has 0 aliphatic carbocycles. The SMILES string of the molecule is Cc1cccc2[nH]c(=O)n(C3CCCCNC3)c(=O)c12. The molecule has 2 heterocycles. The number of aromatic nitrogens is 2. The van der Waals surface area contributed by atoms with Gasteiger partial charge in [0.2, 0.25) is 0 Å². The first-order chi connectivity index (χ1) is 9.68. The molecule has 2 N–H and O–H groups in total. The van der Waals surface area contributed by atoms with E-state index in [1.54, 1.807) is 6.07 Å². The van der Waals surface area contributed by atoms with Gasteiger partial charge >= 0.3 is 5.69 Å². The van der Waals surface area contributed by atoms with Crippen LogP contribution in [0.1, 0.15) is 30.9 Å². The molecule has 1 fully saturated rings. The molecule has 1 saturated heterocycles. The summed E-state index contributed by atoms with van der Waals surface area (Å²) in [4.78, 5) is 27.8. The van der Waals surface area contributed by atoms with Crippen LogP contribution < -0.4 is 16.6 Å². The van der Waals surface area contributed by atoms with Crippen molar-refractivity contribution in [1.82, 2.24) is 14.9 Å². The standard InChI is InChI=1S/C15H19N3O2/c1-10-5-4-7-12-13(10)14(19)18(15(20)17-12)11-6-2-3-8-16-9-11/h4-5,7,11,16H,2-3,6,8-9H2,1H3,(H,17,20). The molecule has 0 bridgehead atoms. The average Bonchev–Trinajstić information content (AvgIpc) is 2.67. The number of hydrogen-bond acceptors (Lipinski definition) is 3. The van der Waals surface area contributed by atoms with Crippen LogP contribution in [0.25, 0.3) is 10.9 Å². The van der Waals surface area contributed by atoms with Gasteiger partial charge in [0, 0.05) is 6.54 Å². The minimum absolute atomic E-state index is 0.0576. The Morgan fingerprint density at radius 1 is 1.25 bits per heavy atom. The van der Waals surface area contributed by atoms with Gasteiger partial charge in [-0.15, -0.1) is 0 Å². The van der Waals surface area contributed by atoms with E-state index in [1.807, 2.05) is 19.1 Å². The van der Waals surface area contributed by atoms with Crippen LogP contribution in [0.5, 0.6) is 0 Å². The monoisotopic (exact) mass is 273 g/mol. The highest BCUT2D eigenvalue weighted by Crippen LogP contribution is 2.16. The van der Waals surface area contributed by atoms with Crippen molar-refractivity contribution >= 4 is 10.9 Å². The van der Waals surface area contributed by atoms with E-state index >= 15 is 0 Å². The van der Waals surface area contributed by atoms with Crippen molar-refractivity contribution in [3.05, 3.63) is 44.6 Å². The predicted octanol–water partition coefficient (Wildman–Crippen LogP) is 1.31. The van der Waals surface area contributed by atoms with Gasteiger partial charge in [0.25, 0.3) is 5.56 Å². The van der Waals surface area contributed by atoms with Crippen LogP contribution >= 0.6 is 0 Å². The quantitative estimate of drug-likeness (QED) is 0.823. The van der Waals surface area contributed by atoms with Crippen LogP contribution in [0.3, 0.4) is 0 Å². The minimum Gasteiger partial charge on any atom is -0.315 e. The topological polar surface area (TPSA) is 66.9 Å². The third-order valence-electron chi connectivity index (χ3n) is 4.05. The summed E-state index contributed by atoms with van der Waals surface area (Å²) in [6, 6.07) is 5.47. The van der Waals surface area contributed by atoms with Crippen LogP contribution in [0, 0.1) is 6.92 Å². The van der Waals surface area contributed by atoms with E-state index in [9.17, 15) is 9.59 Å². The van der Waals surface area contributed by atoms with Gasteiger partial charge in [-0.1, -0.05) is 18.6 Å². The lowest BCUT2D eigenvalue weighted by Crippen LogP contribution is -2.41. The van der Waals surface area contributed by atoms with Gasteiger partial charge in [-0.3, -0.25) is 9.36 Å². The maximum atomic E-state index is 12.7. The normalized spacial score (nSPS) is 19.9. The molecule has 20 heavy (non-hydrogen) atoms. The van der Waals surface area contributed by atoms with Gasteiger partial charge in [0.15, 0.2) is 0 Å². The Morgan fingerprint density at radius 3 is 2.95 bits per heavy atom. The molecular formula is C15H19N3O2. The second-order valence-electron chi connectivity index (χ2n) is 5.46. The number of nitrogens with zero attached hydrogens (tertiary/aromatic N) is 1. The molecule has 0 amide bonds. The highest BCUT2D eigenvalue weighted by molar-refractivity contribution is 5.80. The molecular weight excluding hydrogens is 254 g/mol. The molecule has 1 aliphatic heterocycles. The Labute approximate surface area is 116 Å². The van der Waals surface area contributed by atoms with Crippen molar-refractivity contribution in [2.75, 3.05) is 13.1 Å². The van der Waals surface area contributed by atoms with Gasteiger partial charge in [-0.05, 0) is 37.9 Å². The summed E-state index contributed by atoms with van der Waals surface area (Å²) in [5.41, 5.74) is 1.05. The number of nitrogens with one attached hydrogen (secondary N) is 2. The van der Waals surface area contributed by atoms with Crippen molar-refractivity contribution in [2.45, 2.75) is 32.2 Å². The van der Waals surface area contributed by atoms with Gasteiger partial charge in [0.1, 0.15) is 0 Å². The smallest absolute Gasteiger partial charge is 0.315 e. The lowest BCUT2D eigenvalue weighted by molar-refractivity contribution is 0.435. The first-order valence-electron chi connectivity index (χ1n) is 7.13. The van der Waals surface area contributed by atoms with Crippen LogP contribution in [0.15, 0.2) is 27.8 Å². The zero-order chi connectivity index (χ0) is 14.1. The second kappa shape index (κ2) is 5.25. The van der Waals surface area contributed by atoms with Gasteiger partial charge in [-0.25, -0.2) is 4.79 Å². The largest absolute Gasteiger partial charge is 0.329 e. The number of H-pyrrole nitrogens is 1. The zero-order valence-electron chi connectivity index (χ0n) is 11.6. The maximum Gasteiger partial charge on any atom is 0.329 e. The lowest BCUT2D eigenvalue weighted by atomic mass is 10.1. The van der Waals surface area contributed by atoms with E-state index in [2.05, 4.69) is 10.3 Å². The maximum absolute atomic E-state index is 12.7. The minimum atomic E-state index is -0.304. The first-order valence-corrected chi connectivity index (χ1v) is 7.13. The van der Waals surface area contributed by atoms with E-state index < -0.39 is 0 Å². The lowest BCUT2D eigenvalue weighted by Gasteiger charge is -2.17. The zero-order valence-corrected chi connectivity index (χ0v) is 11.6. The first kappa shape index (κ1) is 13.1. The fourth-order valence-corrected chi connectivity index (χ4v) is 3.00. The molecule has 2 aromatic rings. The van der Waals surface area contributed by atoms with Crippen molar-refractivity contribution in [3.63, 3.8) is 0 Å². The molecule has 1 aliphatic rings. The molecule has 0 radical (unpaired) electrons. The van der Waals surface area contributed by atoms with E-state index in [0.29, 0.717) is 17.4 Å². The van der Waals surface area contributed by atoms with E-state index in [-0.39, 0.29) is 17.3 Å². The fourth-order valence-electron chi connectivity index (χ4n) is 3.00. The molecule has 1 aromatic heterocycles. The number of aromatic amines is 1. The summed E-state index contributed by atoms with van der Waals surface area (Å²) in [5, 5.41) is 3.92. The molecule has 5 heteroatoms. The van der Waals surface area contributed by atoms with Crippen LogP contribution in [0.4, 0.5) is 0 Å². The van der Waals surface area contributed by atoms with Crippen LogP contribution in [-0.2, 0) is 0 Å². The van der Waals surface area contributed by atoms with Crippen molar-refractivity contribution < 1.29 is 0 Å². The number of aryl methyl sites for hydroxylation is 1. The number of fused-ring (bicyclic) bond motifs is 1. The fraction of sp³-hybridized carbons (Fsp3) is 0.467. The average molecular weight is 273 g/mol. The Bertz CT molecular complexity index is 737. The van der Waals surface area contributed by atoms with E-state index in [1.165, 1.54) is 4.57 Å². The van der Waals surface area contributed by atoms with Gasteiger partial charge in [-0.2, -0.15) is 0 Å². The van der Waals surface area contributed by atoms with E-state index in [0.717, 1.165) is 31.4 Å². The summed E-state index contributed by atoms with van der Waals surface area (Å²) in [6.07, 6.45) is 3.00. The Morgan fingerprint density at radius 2 is 2.10 bits per heavy atom. The number of rotatable bonds is 1. The molecule has 1 aromatic carbocycles. The molecule has 106 valence electrons. The van der Waals surface area contributed by atoms with Crippen molar-refractivity contribution in [2.24, 2.45) is 0 Å². The summed E-state index contributed by atoms with van der Waals surface area (Å²) in [7, 11) is 0.